The highest BCUT2D eigenvalue weighted by molar-refractivity contribution is 5.78. The summed E-state index contributed by atoms with van der Waals surface area (Å²) in [5.74, 6) is -3.10. The van der Waals surface area contributed by atoms with Crippen molar-refractivity contribution in [3.05, 3.63) is 18.0 Å². The highest BCUT2D eigenvalue weighted by Gasteiger charge is 2.38. The van der Waals surface area contributed by atoms with Crippen molar-refractivity contribution in [3.8, 4) is 0 Å². The van der Waals surface area contributed by atoms with E-state index in [0.717, 1.165) is 0 Å². The molecule has 0 bridgehead atoms. The molecule has 5 nitrogen and oxygen atoms in total. The number of rotatable bonds is 4. The van der Waals surface area contributed by atoms with E-state index in [4.69, 9.17) is 0 Å². The Hall–Kier alpha value is -1.79. The number of hydrogen-bond donors (Lipinski definition) is 1. The van der Waals surface area contributed by atoms with Gasteiger partial charge in [-0.15, -0.1) is 0 Å². The van der Waals surface area contributed by atoms with Crippen LogP contribution in [0.4, 0.5) is 14.7 Å². The fourth-order valence-corrected chi connectivity index (χ4v) is 2.42. The molecule has 1 fully saturated rings. The number of nitrogens with one attached hydrogen (secondary N) is 1. The standard InChI is InChI=1S/C14H20F2N4O/c1-20(2)13-17-7-5-11(19-13)9-18-12(21)10-4-3-6-14(15,16)8-10/h5,7,10H,3-4,6,8-9H2,1-2H3,(H,18,21). The van der Waals surface area contributed by atoms with Crippen molar-refractivity contribution in [2.45, 2.75) is 38.2 Å². The molecule has 1 aromatic heterocycles. The topological polar surface area (TPSA) is 58.1 Å². The maximum absolute atomic E-state index is 13.3. The van der Waals surface area contributed by atoms with Gasteiger partial charge in [0.05, 0.1) is 12.2 Å². The van der Waals surface area contributed by atoms with Gasteiger partial charge in [0.2, 0.25) is 17.8 Å². The molecular formula is C14H20F2N4O. The summed E-state index contributed by atoms with van der Waals surface area (Å²) < 4.78 is 26.6. The van der Waals surface area contributed by atoms with Gasteiger partial charge in [-0.25, -0.2) is 18.7 Å². The minimum absolute atomic E-state index is 0.116. The van der Waals surface area contributed by atoms with Gasteiger partial charge in [-0.2, -0.15) is 0 Å². The predicted octanol–water partition coefficient (Wildman–Crippen LogP) is 1.98. The van der Waals surface area contributed by atoms with E-state index >= 15 is 0 Å². The van der Waals surface area contributed by atoms with Crippen LogP contribution >= 0.6 is 0 Å². The third-order valence-corrected chi connectivity index (χ3v) is 3.56. The maximum atomic E-state index is 13.3. The maximum Gasteiger partial charge on any atom is 0.248 e. The molecule has 0 saturated heterocycles. The van der Waals surface area contributed by atoms with E-state index < -0.39 is 11.8 Å². The molecule has 2 rings (SSSR count). The molecule has 1 aliphatic rings. The van der Waals surface area contributed by atoms with Gasteiger partial charge in [0.1, 0.15) is 0 Å². The summed E-state index contributed by atoms with van der Waals surface area (Å²) in [7, 11) is 3.64. The zero-order valence-electron chi connectivity index (χ0n) is 12.3. The molecule has 1 unspecified atom stereocenters. The molecule has 21 heavy (non-hydrogen) atoms. The van der Waals surface area contributed by atoms with Crippen LogP contribution in [0.3, 0.4) is 0 Å². The lowest BCUT2D eigenvalue weighted by Gasteiger charge is -2.27. The molecule has 1 saturated carbocycles. The molecule has 0 spiro atoms. The first-order valence-electron chi connectivity index (χ1n) is 7.02. The molecule has 0 aliphatic heterocycles. The fourth-order valence-electron chi connectivity index (χ4n) is 2.42. The molecule has 1 N–H and O–H groups in total. The number of carbonyl (C=O) groups excluding carboxylic acids is 1. The van der Waals surface area contributed by atoms with Crippen molar-refractivity contribution >= 4 is 11.9 Å². The Morgan fingerprint density at radius 1 is 1.52 bits per heavy atom. The van der Waals surface area contributed by atoms with Gasteiger partial charge in [0.25, 0.3) is 0 Å². The van der Waals surface area contributed by atoms with E-state index in [-0.39, 0.29) is 25.3 Å². The first kappa shape index (κ1) is 15.6. The monoisotopic (exact) mass is 298 g/mol. The van der Waals surface area contributed by atoms with Gasteiger partial charge in [-0.1, -0.05) is 0 Å². The van der Waals surface area contributed by atoms with Crippen LogP contribution in [0.2, 0.25) is 0 Å². The molecule has 1 amide bonds. The van der Waals surface area contributed by atoms with Gasteiger partial charge < -0.3 is 10.2 Å². The molecule has 7 heteroatoms. The van der Waals surface area contributed by atoms with Crippen LogP contribution in [0.5, 0.6) is 0 Å². The molecule has 116 valence electrons. The zero-order chi connectivity index (χ0) is 15.5. The Kier molecular flexibility index (Phi) is 4.69. The van der Waals surface area contributed by atoms with Crippen LogP contribution in [0.1, 0.15) is 31.4 Å². The van der Waals surface area contributed by atoms with Crippen molar-refractivity contribution in [1.29, 1.82) is 0 Å². The minimum atomic E-state index is -2.72. The molecule has 0 radical (unpaired) electrons. The second-order valence-electron chi connectivity index (χ2n) is 5.61. The number of halogens is 2. The summed E-state index contributed by atoms with van der Waals surface area (Å²) in [4.78, 5) is 22.1. The van der Waals surface area contributed by atoms with Crippen LogP contribution in [-0.2, 0) is 11.3 Å². The lowest BCUT2D eigenvalue weighted by atomic mass is 9.86. The molecular weight excluding hydrogens is 278 g/mol. The van der Waals surface area contributed by atoms with E-state index in [0.29, 0.717) is 24.5 Å². The van der Waals surface area contributed by atoms with Crippen molar-refractivity contribution in [3.63, 3.8) is 0 Å². The Labute approximate surface area is 122 Å². The van der Waals surface area contributed by atoms with Gasteiger partial charge in [0.15, 0.2) is 0 Å². The Morgan fingerprint density at radius 2 is 2.29 bits per heavy atom. The van der Waals surface area contributed by atoms with E-state index in [1.807, 2.05) is 14.1 Å². The summed E-state index contributed by atoms with van der Waals surface area (Å²) in [6.07, 6.45) is 2.05. The number of amides is 1. The third-order valence-electron chi connectivity index (χ3n) is 3.56. The number of nitrogens with zero attached hydrogens (tertiary/aromatic N) is 3. The Bertz CT molecular complexity index is 508. The zero-order valence-corrected chi connectivity index (χ0v) is 12.3. The van der Waals surface area contributed by atoms with E-state index in [1.54, 1.807) is 17.2 Å². The van der Waals surface area contributed by atoms with Crippen LogP contribution < -0.4 is 10.2 Å². The average molecular weight is 298 g/mol. The second-order valence-corrected chi connectivity index (χ2v) is 5.61. The van der Waals surface area contributed by atoms with Crippen LogP contribution in [0.15, 0.2) is 12.3 Å². The number of anilines is 1. The molecule has 1 aliphatic carbocycles. The van der Waals surface area contributed by atoms with Crippen molar-refractivity contribution in [2.75, 3.05) is 19.0 Å². The van der Waals surface area contributed by atoms with Gasteiger partial charge >= 0.3 is 0 Å². The van der Waals surface area contributed by atoms with Crippen molar-refractivity contribution < 1.29 is 13.6 Å². The van der Waals surface area contributed by atoms with Crippen molar-refractivity contribution in [1.82, 2.24) is 15.3 Å². The lowest BCUT2D eigenvalue weighted by Crippen LogP contribution is -2.37. The Balaban J connectivity index is 1.90. The first-order valence-corrected chi connectivity index (χ1v) is 7.02. The number of carbonyl (C=O) groups is 1. The first-order chi connectivity index (χ1) is 9.87. The molecule has 1 heterocycles. The molecule has 0 aromatic carbocycles. The fraction of sp³-hybridized carbons (Fsp3) is 0.643. The predicted molar refractivity (Wildman–Crippen MR) is 75.1 cm³/mol. The SMILES string of the molecule is CN(C)c1nccc(CNC(=O)C2CCCC(F)(F)C2)n1. The second kappa shape index (κ2) is 6.32. The smallest absolute Gasteiger partial charge is 0.248 e. The summed E-state index contributed by atoms with van der Waals surface area (Å²) in [6, 6.07) is 1.70. The quantitative estimate of drug-likeness (QED) is 0.923. The highest BCUT2D eigenvalue weighted by Crippen LogP contribution is 2.36. The summed E-state index contributed by atoms with van der Waals surface area (Å²) >= 11 is 0. The largest absolute Gasteiger partial charge is 0.350 e. The van der Waals surface area contributed by atoms with Crippen LogP contribution in [-0.4, -0.2) is 35.9 Å². The van der Waals surface area contributed by atoms with Crippen LogP contribution in [0.25, 0.3) is 0 Å². The number of alkyl halides is 2. The van der Waals surface area contributed by atoms with E-state index in [9.17, 15) is 13.6 Å². The average Bonchev–Trinajstić information content (AvgIpc) is 2.44. The summed E-state index contributed by atoms with van der Waals surface area (Å²) in [5.41, 5.74) is 0.657. The number of hydrogen-bond acceptors (Lipinski definition) is 4. The normalized spacial score (nSPS) is 20.9. The minimum Gasteiger partial charge on any atom is -0.350 e. The van der Waals surface area contributed by atoms with E-state index in [2.05, 4.69) is 15.3 Å². The number of aromatic nitrogens is 2. The lowest BCUT2D eigenvalue weighted by molar-refractivity contribution is -0.132. The van der Waals surface area contributed by atoms with Gasteiger partial charge in [0, 0.05) is 39.1 Å². The molecule has 1 atom stereocenters. The summed E-state index contributed by atoms with van der Waals surface area (Å²) in [6.45, 7) is 0.226. The van der Waals surface area contributed by atoms with Gasteiger partial charge in [-0.3, -0.25) is 4.79 Å². The van der Waals surface area contributed by atoms with Crippen LogP contribution in [0, 0.1) is 5.92 Å². The Morgan fingerprint density at radius 3 is 2.95 bits per heavy atom. The molecule has 1 aromatic rings. The van der Waals surface area contributed by atoms with Crippen molar-refractivity contribution in [2.24, 2.45) is 5.92 Å². The highest BCUT2D eigenvalue weighted by atomic mass is 19.3. The van der Waals surface area contributed by atoms with Gasteiger partial charge in [-0.05, 0) is 18.9 Å². The summed E-state index contributed by atoms with van der Waals surface area (Å²) in [5, 5.41) is 2.69. The van der Waals surface area contributed by atoms with E-state index in [1.165, 1.54) is 0 Å². The third kappa shape index (κ3) is 4.34.